The second-order valence-electron chi connectivity index (χ2n) is 11.9. The Morgan fingerprint density at radius 1 is 1.07 bits per heavy atom. The molecule has 1 aromatic heterocycles. The molecular formula is C36H38ClNO3S. The van der Waals surface area contributed by atoms with Crippen LogP contribution in [0.3, 0.4) is 0 Å². The second-order valence-corrected chi connectivity index (χ2v) is 13.5. The van der Waals surface area contributed by atoms with Crippen LogP contribution in [0.4, 0.5) is 0 Å². The van der Waals surface area contributed by atoms with Crippen LogP contribution in [-0.4, -0.2) is 28.9 Å². The first-order chi connectivity index (χ1) is 20.1. The first-order valence-electron chi connectivity index (χ1n) is 14.5. The Labute approximate surface area is 258 Å². The van der Waals surface area contributed by atoms with E-state index in [1.807, 2.05) is 74.1 Å². The van der Waals surface area contributed by atoms with Crippen LogP contribution in [0.15, 0.2) is 78.9 Å². The molecule has 1 N–H and O–H groups in total. The minimum Gasteiger partial charge on any atom is -0.469 e. The Bertz CT molecular complexity index is 1590. The highest BCUT2D eigenvalue weighted by Crippen LogP contribution is 2.53. The number of carbonyl (C=O) groups is 1. The third-order valence-electron chi connectivity index (χ3n) is 8.05. The number of carbonyl (C=O) groups excluding carboxylic acids is 1. The fourth-order valence-electron chi connectivity index (χ4n) is 5.42. The lowest BCUT2D eigenvalue weighted by molar-refractivity contribution is -0.141. The molecule has 4 nitrogen and oxygen atoms in total. The van der Waals surface area contributed by atoms with Gasteiger partial charge in [-0.3, -0.25) is 4.79 Å². The van der Waals surface area contributed by atoms with Gasteiger partial charge in [-0.15, -0.1) is 0 Å². The molecule has 42 heavy (non-hydrogen) atoms. The van der Waals surface area contributed by atoms with E-state index in [1.165, 1.54) is 18.2 Å². The zero-order chi connectivity index (χ0) is 29.7. The molecule has 1 atom stereocenters. The van der Waals surface area contributed by atoms with Crippen LogP contribution in [0.2, 0.25) is 5.02 Å². The molecule has 0 spiro atoms. The van der Waals surface area contributed by atoms with Crippen LogP contribution in [0.5, 0.6) is 0 Å². The number of esters is 1. The monoisotopic (exact) mass is 599 g/mol. The van der Waals surface area contributed by atoms with Crippen molar-refractivity contribution in [1.29, 1.82) is 0 Å². The Morgan fingerprint density at radius 3 is 2.62 bits per heavy atom. The summed E-state index contributed by atoms with van der Waals surface area (Å²) in [5, 5.41) is 12.7. The summed E-state index contributed by atoms with van der Waals surface area (Å²) >= 11 is 8.12. The maximum Gasteiger partial charge on any atom is 0.306 e. The van der Waals surface area contributed by atoms with E-state index in [2.05, 4.69) is 42.5 Å². The fourth-order valence-corrected chi connectivity index (χ4v) is 7.15. The molecule has 0 unspecified atom stereocenters. The van der Waals surface area contributed by atoms with Crippen molar-refractivity contribution in [3.05, 3.63) is 112 Å². The van der Waals surface area contributed by atoms with E-state index in [0.29, 0.717) is 11.4 Å². The summed E-state index contributed by atoms with van der Waals surface area (Å²) in [6.07, 6.45) is 8.53. The van der Waals surface area contributed by atoms with Crippen LogP contribution in [0, 0.1) is 5.41 Å². The van der Waals surface area contributed by atoms with Gasteiger partial charge in [0, 0.05) is 21.4 Å². The fraction of sp³-hybridized carbons (Fsp3) is 0.333. The number of aliphatic hydroxyl groups is 1. The maximum atomic E-state index is 12.1. The predicted octanol–water partition coefficient (Wildman–Crippen LogP) is 9.04. The number of fused-ring (bicyclic) bond motifs is 1. The van der Waals surface area contributed by atoms with Gasteiger partial charge in [0.05, 0.1) is 30.3 Å². The molecule has 1 saturated carbocycles. The standard InChI is InChI=1S/C36H38ClNO3S/c1-35(2,40)31-10-5-4-8-26(31)14-18-33(42-24-36(19-20-36)23-34(39)41-3)28-9-6-7-25(21-28)11-16-30-17-13-27-12-15-29(37)22-32(27)38-30/h4-13,15-17,21-22,33,40H,14,18-20,23-24H2,1-3H3/b16-11+/t33-/m1/s1. The van der Waals surface area contributed by atoms with Crippen molar-refractivity contribution in [3.8, 4) is 0 Å². The first kappa shape index (κ1) is 30.3. The van der Waals surface area contributed by atoms with Gasteiger partial charge >= 0.3 is 5.97 Å². The lowest BCUT2D eigenvalue weighted by Crippen LogP contribution is -2.18. The van der Waals surface area contributed by atoms with Gasteiger partial charge in [0.15, 0.2) is 0 Å². The summed E-state index contributed by atoms with van der Waals surface area (Å²) in [5.41, 5.74) is 5.41. The molecule has 1 aliphatic rings. The predicted molar refractivity (Wildman–Crippen MR) is 176 cm³/mol. The van der Waals surface area contributed by atoms with Crippen molar-refractivity contribution in [1.82, 2.24) is 4.98 Å². The molecular weight excluding hydrogens is 562 g/mol. The van der Waals surface area contributed by atoms with Crippen LogP contribution in [0.1, 0.15) is 72.7 Å². The Hall–Kier alpha value is -3.12. The van der Waals surface area contributed by atoms with E-state index in [1.54, 1.807) is 0 Å². The minimum absolute atomic E-state index is 0.0448. The van der Waals surface area contributed by atoms with E-state index >= 15 is 0 Å². The van der Waals surface area contributed by atoms with Crippen LogP contribution in [-0.2, 0) is 21.6 Å². The number of thioether (sulfide) groups is 1. The summed E-state index contributed by atoms with van der Waals surface area (Å²) in [4.78, 5) is 16.8. The molecule has 5 rings (SSSR count). The highest BCUT2D eigenvalue weighted by Gasteiger charge is 2.45. The SMILES string of the molecule is COC(=O)CC1(CS[C@H](CCc2ccccc2C(C)(C)O)c2cccc(/C=C/c3ccc4ccc(Cl)cc4n3)c2)CC1. The molecule has 0 aliphatic heterocycles. The number of aromatic nitrogens is 1. The third kappa shape index (κ3) is 7.83. The van der Waals surface area contributed by atoms with Crippen LogP contribution >= 0.6 is 23.4 Å². The molecule has 0 amide bonds. The number of methoxy groups -OCH3 is 1. The highest BCUT2D eigenvalue weighted by molar-refractivity contribution is 7.99. The summed E-state index contributed by atoms with van der Waals surface area (Å²) < 4.78 is 4.99. The van der Waals surface area contributed by atoms with Crippen LogP contribution in [0.25, 0.3) is 23.1 Å². The van der Waals surface area contributed by atoms with Gasteiger partial charge in [-0.05, 0) is 91.5 Å². The topological polar surface area (TPSA) is 59.4 Å². The number of halogens is 1. The number of pyridine rings is 1. The average molecular weight is 600 g/mol. The van der Waals surface area contributed by atoms with Gasteiger partial charge in [0.1, 0.15) is 0 Å². The minimum atomic E-state index is -0.898. The van der Waals surface area contributed by atoms with Gasteiger partial charge in [-0.25, -0.2) is 4.98 Å². The number of aryl methyl sites for hydroxylation is 1. The molecule has 0 bridgehead atoms. The molecule has 1 heterocycles. The lowest BCUT2D eigenvalue weighted by Gasteiger charge is -2.24. The normalized spacial score (nSPS) is 15.2. The summed E-state index contributed by atoms with van der Waals surface area (Å²) in [5.74, 6) is 0.796. The van der Waals surface area contributed by atoms with E-state index in [9.17, 15) is 9.90 Å². The maximum absolute atomic E-state index is 12.1. The molecule has 0 saturated heterocycles. The second kappa shape index (κ2) is 13.0. The summed E-state index contributed by atoms with van der Waals surface area (Å²) in [7, 11) is 1.47. The molecule has 3 aromatic carbocycles. The van der Waals surface area contributed by atoms with Crippen molar-refractivity contribution in [2.75, 3.05) is 12.9 Å². The summed E-state index contributed by atoms with van der Waals surface area (Å²) in [6, 6.07) is 26.7. The molecule has 1 aliphatic carbocycles. The van der Waals surface area contributed by atoms with E-state index in [0.717, 1.165) is 59.2 Å². The van der Waals surface area contributed by atoms with Gasteiger partial charge in [0.25, 0.3) is 0 Å². The van der Waals surface area contributed by atoms with Crippen molar-refractivity contribution in [2.24, 2.45) is 5.41 Å². The highest BCUT2D eigenvalue weighted by atomic mass is 35.5. The number of nitrogens with zero attached hydrogens (tertiary/aromatic N) is 1. The Kier molecular flexibility index (Phi) is 9.41. The Morgan fingerprint density at radius 2 is 1.86 bits per heavy atom. The van der Waals surface area contributed by atoms with Gasteiger partial charge in [-0.2, -0.15) is 11.8 Å². The zero-order valence-electron chi connectivity index (χ0n) is 24.5. The summed E-state index contributed by atoms with van der Waals surface area (Å²) in [6.45, 7) is 3.69. The third-order valence-corrected chi connectivity index (χ3v) is 9.98. The largest absolute Gasteiger partial charge is 0.469 e. The van der Waals surface area contributed by atoms with E-state index < -0.39 is 5.60 Å². The van der Waals surface area contributed by atoms with Crippen molar-refractivity contribution in [3.63, 3.8) is 0 Å². The van der Waals surface area contributed by atoms with Gasteiger partial charge in [-0.1, -0.05) is 78.3 Å². The number of rotatable bonds is 12. The quantitative estimate of drug-likeness (QED) is 0.165. The van der Waals surface area contributed by atoms with Crippen molar-refractivity contribution in [2.45, 2.75) is 56.8 Å². The number of benzene rings is 3. The van der Waals surface area contributed by atoms with Crippen molar-refractivity contribution >= 4 is 52.4 Å². The smallest absolute Gasteiger partial charge is 0.306 e. The zero-order valence-corrected chi connectivity index (χ0v) is 26.0. The molecule has 4 aromatic rings. The lowest BCUT2D eigenvalue weighted by atomic mass is 9.90. The van der Waals surface area contributed by atoms with E-state index in [-0.39, 0.29) is 16.6 Å². The number of hydrogen-bond donors (Lipinski definition) is 1. The number of ether oxygens (including phenoxy) is 1. The van der Waals surface area contributed by atoms with Gasteiger partial charge < -0.3 is 9.84 Å². The van der Waals surface area contributed by atoms with E-state index in [4.69, 9.17) is 21.3 Å². The molecule has 6 heteroatoms. The average Bonchev–Trinajstić information content (AvgIpc) is 3.74. The molecule has 1 fully saturated rings. The van der Waals surface area contributed by atoms with Gasteiger partial charge in [0.2, 0.25) is 0 Å². The molecule has 0 radical (unpaired) electrons. The molecule has 218 valence electrons. The van der Waals surface area contributed by atoms with Crippen LogP contribution < -0.4 is 0 Å². The van der Waals surface area contributed by atoms with Crippen molar-refractivity contribution < 1.29 is 14.6 Å². The number of hydrogen-bond acceptors (Lipinski definition) is 5. The first-order valence-corrected chi connectivity index (χ1v) is 15.9. The Balaban J connectivity index is 1.37.